The van der Waals surface area contributed by atoms with Crippen molar-refractivity contribution in [3.8, 4) is 0 Å². The van der Waals surface area contributed by atoms with Gasteiger partial charge < -0.3 is 10.2 Å². The average Bonchev–Trinajstić information content (AvgIpc) is 3.13. The van der Waals surface area contributed by atoms with Gasteiger partial charge in [-0.15, -0.1) is 10.2 Å². The van der Waals surface area contributed by atoms with Gasteiger partial charge in [-0.05, 0) is 50.1 Å². The maximum absolute atomic E-state index is 12.6. The number of nitrogens with one attached hydrogen (secondary N) is 1. The number of aromatic nitrogens is 2. The second-order valence-corrected chi connectivity index (χ2v) is 8.21. The molecule has 0 atom stereocenters. The molecule has 0 saturated heterocycles. The SMILES string of the molecule is CCN(C(=O)CSc1nnc(Nc2cccc(C)c2C)s1)c1ccccc1. The van der Waals surface area contributed by atoms with Gasteiger partial charge in [0.1, 0.15) is 0 Å². The first-order valence-electron chi connectivity index (χ1n) is 8.73. The molecule has 0 fully saturated rings. The molecule has 5 nitrogen and oxygen atoms in total. The molecule has 0 aliphatic heterocycles. The molecule has 7 heteroatoms. The molecular weight excluding hydrogens is 376 g/mol. The van der Waals surface area contributed by atoms with Gasteiger partial charge in [-0.1, -0.05) is 53.4 Å². The monoisotopic (exact) mass is 398 g/mol. The first-order valence-corrected chi connectivity index (χ1v) is 10.5. The lowest BCUT2D eigenvalue weighted by Gasteiger charge is -2.20. The van der Waals surface area contributed by atoms with Gasteiger partial charge in [0.2, 0.25) is 11.0 Å². The Balaban J connectivity index is 1.61. The summed E-state index contributed by atoms with van der Waals surface area (Å²) in [5.41, 5.74) is 4.36. The number of carbonyl (C=O) groups is 1. The van der Waals surface area contributed by atoms with E-state index in [0.29, 0.717) is 12.3 Å². The number of hydrogen-bond donors (Lipinski definition) is 1. The Labute approximate surface area is 167 Å². The molecule has 0 aliphatic carbocycles. The number of para-hydroxylation sites is 1. The van der Waals surface area contributed by atoms with E-state index in [9.17, 15) is 4.79 Å². The Morgan fingerprint density at radius 1 is 1.11 bits per heavy atom. The van der Waals surface area contributed by atoms with Crippen molar-refractivity contribution >= 4 is 45.5 Å². The summed E-state index contributed by atoms with van der Waals surface area (Å²) in [6.07, 6.45) is 0. The first-order chi connectivity index (χ1) is 13.1. The van der Waals surface area contributed by atoms with Crippen LogP contribution in [0.25, 0.3) is 0 Å². The smallest absolute Gasteiger partial charge is 0.237 e. The third-order valence-corrected chi connectivity index (χ3v) is 6.21. The van der Waals surface area contributed by atoms with Gasteiger partial charge in [-0.3, -0.25) is 4.79 Å². The number of anilines is 3. The summed E-state index contributed by atoms with van der Waals surface area (Å²) in [6.45, 7) is 6.78. The fourth-order valence-corrected chi connectivity index (χ4v) is 4.27. The Hall–Kier alpha value is -2.38. The predicted octanol–water partition coefficient (Wildman–Crippen LogP) is 5.04. The number of benzene rings is 2. The summed E-state index contributed by atoms with van der Waals surface area (Å²) in [7, 11) is 0. The summed E-state index contributed by atoms with van der Waals surface area (Å²) >= 11 is 2.88. The molecule has 140 valence electrons. The lowest BCUT2D eigenvalue weighted by atomic mass is 10.1. The van der Waals surface area contributed by atoms with Gasteiger partial charge in [-0.25, -0.2) is 0 Å². The standard InChI is InChI=1S/C20H22N4OS2/c1-4-24(16-10-6-5-7-11-16)18(25)13-26-20-23-22-19(27-20)21-17-12-8-9-14(2)15(17)3/h5-12H,4,13H2,1-3H3,(H,21,22). The molecular formula is C20H22N4OS2. The van der Waals surface area contributed by atoms with E-state index in [2.05, 4.69) is 35.4 Å². The molecule has 0 spiro atoms. The zero-order valence-corrected chi connectivity index (χ0v) is 17.2. The molecule has 0 aliphatic rings. The molecule has 0 radical (unpaired) electrons. The van der Waals surface area contributed by atoms with Crippen LogP contribution in [0.5, 0.6) is 0 Å². The van der Waals surface area contributed by atoms with E-state index in [1.807, 2.05) is 49.4 Å². The Morgan fingerprint density at radius 2 is 1.89 bits per heavy atom. The third kappa shape index (κ3) is 4.87. The van der Waals surface area contributed by atoms with E-state index in [0.717, 1.165) is 20.8 Å². The highest BCUT2D eigenvalue weighted by Crippen LogP contribution is 2.29. The van der Waals surface area contributed by atoms with Gasteiger partial charge in [-0.2, -0.15) is 0 Å². The number of hydrogen-bond acceptors (Lipinski definition) is 6. The summed E-state index contributed by atoms with van der Waals surface area (Å²) in [6, 6.07) is 15.8. The molecule has 3 rings (SSSR count). The minimum Gasteiger partial charge on any atom is -0.330 e. The van der Waals surface area contributed by atoms with Crippen molar-refractivity contribution < 1.29 is 4.79 Å². The number of amides is 1. The van der Waals surface area contributed by atoms with E-state index in [4.69, 9.17) is 0 Å². The van der Waals surface area contributed by atoms with Crippen molar-refractivity contribution in [2.24, 2.45) is 0 Å². The van der Waals surface area contributed by atoms with Crippen LogP contribution in [0.2, 0.25) is 0 Å². The molecule has 2 aromatic carbocycles. The molecule has 3 aromatic rings. The van der Waals surface area contributed by atoms with E-state index >= 15 is 0 Å². The minimum atomic E-state index is 0.0629. The van der Waals surface area contributed by atoms with Crippen LogP contribution in [-0.2, 0) is 4.79 Å². The second-order valence-electron chi connectivity index (χ2n) is 6.01. The van der Waals surface area contributed by atoms with Crippen LogP contribution in [0.4, 0.5) is 16.5 Å². The van der Waals surface area contributed by atoms with Crippen molar-refractivity contribution in [3.63, 3.8) is 0 Å². The zero-order chi connectivity index (χ0) is 19.2. The molecule has 0 unspecified atom stereocenters. The number of rotatable bonds is 7. The minimum absolute atomic E-state index is 0.0629. The Morgan fingerprint density at radius 3 is 2.63 bits per heavy atom. The number of aryl methyl sites for hydroxylation is 1. The van der Waals surface area contributed by atoms with Crippen molar-refractivity contribution in [1.29, 1.82) is 0 Å². The maximum atomic E-state index is 12.6. The van der Waals surface area contributed by atoms with E-state index in [1.54, 1.807) is 4.90 Å². The van der Waals surface area contributed by atoms with Crippen LogP contribution in [0.15, 0.2) is 52.9 Å². The van der Waals surface area contributed by atoms with E-state index < -0.39 is 0 Å². The molecule has 0 bridgehead atoms. The van der Waals surface area contributed by atoms with Crippen LogP contribution < -0.4 is 10.2 Å². The highest BCUT2D eigenvalue weighted by molar-refractivity contribution is 8.01. The average molecular weight is 399 g/mol. The maximum Gasteiger partial charge on any atom is 0.237 e. The summed E-state index contributed by atoms with van der Waals surface area (Å²) in [5.74, 6) is 0.397. The number of nitrogens with zero attached hydrogens (tertiary/aromatic N) is 3. The summed E-state index contributed by atoms with van der Waals surface area (Å²) in [5, 5.41) is 12.4. The second kappa shape index (κ2) is 9.01. The van der Waals surface area contributed by atoms with Crippen LogP contribution in [-0.4, -0.2) is 28.4 Å². The van der Waals surface area contributed by atoms with Crippen molar-refractivity contribution in [3.05, 3.63) is 59.7 Å². The molecule has 1 N–H and O–H groups in total. The van der Waals surface area contributed by atoms with Crippen molar-refractivity contribution in [1.82, 2.24) is 10.2 Å². The highest BCUT2D eigenvalue weighted by Gasteiger charge is 2.15. The van der Waals surface area contributed by atoms with E-state index in [-0.39, 0.29) is 5.91 Å². The first kappa shape index (κ1) is 19.4. The van der Waals surface area contributed by atoms with Gasteiger partial charge in [0.25, 0.3) is 0 Å². The largest absolute Gasteiger partial charge is 0.330 e. The van der Waals surface area contributed by atoms with E-state index in [1.165, 1.54) is 34.2 Å². The normalized spacial score (nSPS) is 10.6. The molecule has 27 heavy (non-hydrogen) atoms. The number of thioether (sulfide) groups is 1. The van der Waals surface area contributed by atoms with Gasteiger partial charge >= 0.3 is 0 Å². The van der Waals surface area contributed by atoms with Gasteiger partial charge in [0, 0.05) is 17.9 Å². The molecule has 1 aromatic heterocycles. The number of carbonyl (C=O) groups excluding carboxylic acids is 1. The van der Waals surface area contributed by atoms with Crippen LogP contribution in [0.3, 0.4) is 0 Å². The fraction of sp³-hybridized carbons (Fsp3) is 0.250. The van der Waals surface area contributed by atoms with Crippen molar-refractivity contribution in [2.75, 3.05) is 22.5 Å². The topological polar surface area (TPSA) is 58.1 Å². The fourth-order valence-electron chi connectivity index (χ4n) is 2.63. The van der Waals surface area contributed by atoms with Gasteiger partial charge in [0.15, 0.2) is 4.34 Å². The van der Waals surface area contributed by atoms with Gasteiger partial charge in [0.05, 0.1) is 5.75 Å². The third-order valence-electron chi connectivity index (χ3n) is 4.26. The lowest BCUT2D eigenvalue weighted by Crippen LogP contribution is -2.32. The summed E-state index contributed by atoms with van der Waals surface area (Å²) < 4.78 is 0.778. The quantitative estimate of drug-likeness (QED) is 0.565. The zero-order valence-electron chi connectivity index (χ0n) is 15.6. The van der Waals surface area contributed by atoms with Crippen molar-refractivity contribution in [2.45, 2.75) is 25.1 Å². The lowest BCUT2D eigenvalue weighted by molar-refractivity contribution is -0.116. The predicted molar refractivity (Wildman–Crippen MR) is 114 cm³/mol. The Bertz CT molecular complexity index is 911. The summed E-state index contributed by atoms with van der Waals surface area (Å²) in [4.78, 5) is 14.4. The van der Waals surface area contributed by atoms with Crippen LogP contribution in [0.1, 0.15) is 18.1 Å². The highest BCUT2D eigenvalue weighted by atomic mass is 32.2. The van der Waals surface area contributed by atoms with Crippen LogP contribution >= 0.6 is 23.1 Å². The van der Waals surface area contributed by atoms with Crippen LogP contribution in [0, 0.1) is 13.8 Å². The molecule has 1 heterocycles. The molecule has 0 saturated carbocycles. The Kier molecular flexibility index (Phi) is 6.47. The molecule has 1 amide bonds.